The summed E-state index contributed by atoms with van der Waals surface area (Å²) in [4.78, 5) is 23.1. The molecule has 0 spiro atoms. The van der Waals surface area contributed by atoms with E-state index >= 15 is 0 Å². The van der Waals surface area contributed by atoms with Crippen LogP contribution in [0.2, 0.25) is 0 Å². The van der Waals surface area contributed by atoms with E-state index in [0.717, 1.165) is 6.07 Å². The number of rotatable bonds is 6. The van der Waals surface area contributed by atoms with Gasteiger partial charge in [-0.2, -0.15) is 13.2 Å². The van der Waals surface area contributed by atoms with Crippen molar-refractivity contribution >= 4 is 11.9 Å². The molecule has 0 fully saturated rings. The molecule has 0 bridgehead atoms. The number of alkyl halides is 3. The lowest BCUT2D eigenvalue weighted by atomic mass is 10.1. The first-order valence-corrected chi connectivity index (χ1v) is 7.44. The van der Waals surface area contributed by atoms with Crippen LogP contribution in [0, 0.1) is 6.92 Å². The third-order valence-corrected chi connectivity index (χ3v) is 3.65. The molecule has 1 heterocycles. The highest BCUT2D eigenvalue weighted by Crippen LogP contribution is 2.34. The number of benzene rings is 1. The zero-order valence-corrected chi connectivity index (χ0v) is 13.9. The van der Waals surface area contributed by atoms with Crippen molar-refractivity contribution in [3.8, 4) is 5.75 Å². The molecule has 0 atom stereocenters. The molecule has 1 aromatic heterocycles. The first-order valence-electron chi connectivity index (χ1n) is 7.44. The van der Waals surface area contributed by atoms with Gasteiger partial charge in [-0.05, 0) is 24.6 Å². The van der Waals surface area contributed by atoms with Crippen molar-refractivity contribution in [2.75, 3.05) is 7.11 Å². The minimum absolute atomic E-state index is 0.00877. The zero-order valence-electron chi connectivity index (χ0n) is 13.9. The quantitative estimate of drug-likeness (QED) is 0.814. The fourth-order valence-electron chi connectivity index (χ4n) is 2.43. The molecule has 2 rings (SSSR count). The van der Waals surface area contributed by atoms with Crippen LogP contribution in [0.15, 0.2) is 28.9 Å². The van der Waals surface area contributed by atoms with E-state index < -0.39 is 36.6 Å². The summed E-state index contributed by atoms with van der Waals surface area (Å²) in [5.41, 5.74) is -0.668. The number of hydrogen-bond acceptors (Lipinski definition) is 4. The van der Waals surface area contributed by atoms with Gasteiger partial charge >= 0.3 is 12.1 Å². The van der Waals surface area contributed by atoms with Gasteiger partial charge in [0.2, 0.25) is 0 Å². The number of carbonyl (C=O) groups is 2. The number of nitrogens with one attached hydrogen (secondary N) is 1. The molecule has 0 unspecified atom stereocenters. The molecule has 0 aliphatic carbocycles. The van der Waals surface area contributed by atoms with Crippen LogP contribution in [0.4, 0.5) is 13.2 Å². The molecule has 0 aliphatic heterocycles. The van der Waals surface area contributed by atoms with Gasteiger partial charge in [0, 0.05) is 12.1 Å². The van der Waals surface area contributed by atoms with Crippen LogP contribution in [0.1, 0.15) is 32.8 Å². The van der Waals surface area contributed by atoms with Gasteiger partial charge in [0.15, 0.2) is 0 Å². The maximum absolute atomic E-state index is 13.2. The number of carboxylic acids is 1. The van der Waals surface area contributed by atoms with Gasteiger partial charge in [0.05, 0.1) is 24.5 Å². The van der Waals surface area contributed by atoms with Gasteiger partial charge in [0.25, 0.3) is 5.91 Å². The van der Waals surface area contributed by atoms with Crippen molar-refractivity contribution in [2.24, 2.45) is 0 Å². The Hall–Kier alpha value is -2.97. The number of hydrogen-bond donors (Lipinski definition) is 2. The van der Waals surface area contributed by atoms with E-state index in [0.29, 0.717) is 5.56 Å². The van der Waals surface area contributed by atoms with E-state index in [1.165, 1.54) is 32.4 Å². The summed E-state index contributed by atoms with van der Waals surface area (Å²) < 4.78 is 49.4. The van der Waals surface area contributed by atoms with Crippen molar-refractivity contribution in [3.63, 3.8) is 0 Å². The summed E-state index contributed by atoms with van der Waals surface area (Å²) in [6.07, 6.45) is -3.90. The van der Waals surface area contributed by atoms with E-state index in [4.69, 9.17) is 14.3 Å². The highest BCUT2D eigenvalue weighted by molar-refractivity contribution is 5.97. The second-order valence-electron chi connectivity index (χ2n) is 5.49. The Kier molecular flexibility index (Phi) is 5.59. The molecule has 0 saturated carbocycles. The summed E-state index contributed by atoms with van der Waals surface area (Å²) in [5, 5.41) is 11.2. The van der Waals surface area contributed by atoms with Gasteiger partial charge in [-0.25, -0.2) is 0 Å². The first-order chi connectivity index (χ1) is 12.1. The Labute approximate surface area is 146 Å². The van der Waals surface area contributed by atoms with Crippen molar-refractivity contribution in [2.45, 2.75) is 26.1 Å². The van der Waals surface area contributed by atoms with Crippen molar-refractivity contribution < 1.29 is 37.0 Å². The number of aryl methyl sites for hydroxylation is 1. The number of carbonyl (C=O) groups excluding carboxylic acids is 1. The summed E-state index contributed by atoms with van der Waals surface area (Å²) in [6.45, 7) is 1.15. The average molecular weight is 371 g/mol. The molecule has 140 valence electrons. The predicted octanol–water partition coefficient (Wildman–Crippen LogP) is 3.17. The molecule has 0 saturated heterocycles. The predicted molar refractivity (Wildman–Crippen MR) is 84.0 cm³/mol. The number of carboxylic acid groups (broad SMARTS) is 1. The van der Waals surface area contributed by atoms with E-state index in [2.05, 4.69) is 5.32 Å². The van der Waals surface area contributed by atoms with Gasteiger partial charge in [-0.15, -0.1) is 0 Å². The highest BCUT2D eigenvalue weighted by atomic mass is 19.4. The van der Waals surface area contributed by atoms with Crippen LogP contribution in [0.25, 0.3) is 0 Å². The van der Waals surface area contributed by atoms with Gasteiger partial charge in [-0.3, -0.25) is 9.59 Å². The minimum atomic E-state index is -4.62. The number of methoxy groups -OCH3 is 1. The van der Waals surface area contributed by atoms with Crippen LogP contribution in [0.3, 0.4) is 0 Å². The molecule has 2 aromatic rings. The molecule has 0 radical (unpaired) electrons. The van der Waals surface area contributed by atoms with E-state index in [9.17, 15) is 22.8 Å². The minimum Gasteiger partial charge on any atom is -0.497 e. The van der Waals surface area contributed by atoms with E-state index in [1.807, 2.05) is 0 Å². The fourth-order valence-corrected chi connectivity index (χ4v) is 2.43. The van der Waals surface area contributed by atoms with Crippen molar-refractivity contribution in [1.29, 1.82) is 0 Å². The first kappa shape index (κ1) is 19.4. The second-order valence-corrected chi connectivity index (χ2v) is 5.49. The Morgan fingerprint density at radius 2 is 2.00 bits per heavy atom. The third kappa shape index (κ3) is 4.35. The maximum atomic E-state index is 13.2. The standard InChI is InChI=1S/C17H16F3NO5/c1-9-8-26-13(6-14(22)23)15(9)16(24)21-7-10-3-4-11(25-2)5-12(10)17(18,19)20/h3-5,8H,6-7H2,1-2H3,(H,21,24)(H,22,23). The van der Waals surface area contributed by atoms with Gasteiger partial charge in [-0.1, -0.05) is 6.07 Å². The van der Waals surface area contributed by atoms with Crippen LogP contribution >= 0.6 is 0 Å². The zero-order chi connectivity index (χ0) is 19.5. The summed E-state index contributed by atoms with van der Waals surface area (Å²) in [6, 6.07) is 3.42. The lowest BCUT2D eigenvalue weighted by molar-refractivity contribution is -0.138. The van der Waals surface area contributed by atoms with Gasteiger partial charge < -0.3 is 19.6 Å². The Morgan fingerprint density at radius 1 is 1.31 bits per heavy atom. The summed E-state index contributed by atoms with van der Waals surface area (Å²) >= 11 is 0. The van der Waals surface area contributed by atoms with Crippen LogP contribution in [-0.4, -0.2) is 24.1 Å². The largest absolute Gasteiger partial charge is 0.497 e. The van der Waals surface area contributed by atoms with Crippen molar-refractivity contribution in [1.82, 2.24) is 5.32 Å². The molecule has 9 heteroatoms. The molecule has 1 amide bonds. The number of halogens is 3. The molecular formula is C17H16F3NO5. The second kappa shape index (κ2) is 7.51. The topological polar surface area (TPSA) is 88.8 Å². The Morgan fingerprint density at radius 3 is 2.58 bits per heavy atom. The molecule has 26 heavy (non-hydrogen) atoms. The molecule has 6 nitrogen and oxygen atoms in total. The number of aliphatic carboxylic acids is 1. The number of ether oxygens (including phenoxy) is 1. The van der Waals surface area contributed by atoms with Crippen LogP contribution in [-0.2, 0) is 23.9 Å². The third-order valence-electron chi connectivity index (χ3n) is 3.65. The summed E-state index contributed by atoms with van der Waals surface area (Å²) in [7, 11) is 1.25. The molecular weight excluding hydrogens is 355 g/mol. The maximum Gasteiger partial charge on any atom is 0.416 e. The molecule has 1 aromatic carbocycles. The van der Waals surface area contributed by atoms with E-state index in [1.54, 1.807) is 0 Å². The number of amides is 1. The van der Waals surface area contributed by atoms with Crippen LogP contribution in [0.5, 0.6) is 5.75 Å². The van der Waals surface area contributed by atoms with Crippen LogP contribution < -0.4 is 10.1 Å². The fraction of sp³-hybridized carbons (Fsp3) is 0.294. The van der Waals surface area contributed by atoms with Crippen molar-refractivity contribution in [3.05, 3.63) is 52.5 Å². The van der Waals surface area contributed by atoms with E-state index in [-0.39, 0.29) is 22.6 Å². The number of furan rings is 1. The lowest BCUT2D eigenvalue weighted by Gasteiger charge is -2.15. The highest BCUT2D eigenvalue weighted by Gasteiger charge is 2.34. The SMILES string of the molecule is COc1ccc(CNC(=O)c2c(C)coc2CC(=O)O)c(C(F)(F)F)c1. The lowest BCUT2D eigenvalue weighted by Crippen LogP contribution is -2.26. The Balaban J connectivity index is 2.23. The van der Waals surface area contributed by atoms with Gasteiger partial charge in [0.1, 0.15) is 17.9 Å². The summed E-state index contributed by atoms with van der Waals surface area (Å²) in [5.74, 6) is -1.92. The molecule has 2 N–H and O–H groups in total. The monoisotopic (exact) mass is 371 g/mol. The smallest absolute Gasteiger partial charge is 0.416 e. The Bertz CT molecular complexity index is 826. The average Bonchev–Trinajstić information content (AvgIpc) is 2.91. The normalized spacial score (nSPS) is 11.3. The molecule has 0 aliphatic rings.